The van der Waals surface area contributed by atoms with Gasteiger partial charge in [0.2, 0.25) is 0 Å². The Bertz CT molecular complexity index is 118. The van der Waals surface area contributed by atoms with Crippen molar-refractivity contribution in [3.63, 3.8) is 0 Å². The summed E-state index contributed by atoms with van der Waals surface area (Å²) in [5, 5.41) is 3.65. The Kier molecular flexibility index (Phi) is 6.40. The molecule has 0 bridgehead atoms. The summed E-state index contributed by atoms with van der Waals surface area (Å²) in [6.45, 7) is 15.0. The van der Waals surface area contributed by atoms with Crippen LogP contribution >= 0.6 is 0 Å². The maximum atomic E-state index is 3.65. The maximum absolute atomic E-state index is 3.65. The van der Waals surface area contributed by atoms with Gasteiger partial charge in [0.1, 0.15) is 0 Å². The van der Waals surface area contributed by atoms with Crippen LogP contribution in [0.15, 0.2) is 0 Å². The molecule has 1 nitrogen and oxygen atoms in total. The maximum Gasteiger partial charge on any atom is 0.0118 e. The summed E-state index contributed by atoms with van der Waals surface area (Å²) in [6.07, 6.45) is 1.23. The lowest BCUT2D eigenvalue weighted by molar-refractivity contribution is 0.244. The summed E-state index contributed by atoms with van der Waals surface area (Å²) in [5.41, 5.74) is 0. The fourth-order valence-electron chi connectivity index (χ4n) is 1.75. The third-order valence-corrected chi connectivity index (χ3v) is 2.97. The molecule has 0 spiro atoms. The molecule has 0 amide bonds. The van der Waals surface area contributed by atoms with E-state index in [0.29, 0.717) is 6.04 Å². The van der Waals surface area contributed by atoms with Crippen LogP contribution in [0.2, 0.25) is 0 Å². The van der Waals surface area contributed by atoms with Gasteiger partial charge in [0.05, 0.1) is 0 Å². The second-order valence-electron chi connectivity index (χ2n) is 4.83. The molecule has 0 rings (SSSR count). The average molecular weight is 185 g/mol. The first kappa shape index (κ1) is 13.0. The van der Waals surface area contributed by atoms with Crippen molar-refractivity contribution in [2.75, 3.05) is 6.54 Å². The smallest absolute Gasteiger partial charge is 0.0118 e. The molecule has 0 saturated carbocycles. The molecule has 0 saturated heterocycles. The first-order valence-electron chi connectivity index (χ1n) is 5.74. The van der Waals surface area contributed by atoms with Crippen LogP contribution in [0.25, 0.3) is 0 Å². The lowest BCUT2D eigenvalue weighted by Gasteiger charge is -2.31. The molecule has 13 heavy (non-hydrogen) atoms. The van der Waals surface area contributed by atoms with Gasteiger partial charge in [-0.05, 0) is 30.7 Å². The molecule has 80 valence electrons. The van der Waals surface area contributed by atoms with Crippen molar-refractivity contribution in [1.82, 2.24) is 5.32 Å². The fraction of sp³-hybridized carbons (Fsp3) is 1.00. The minimum Gasteiger partial charge on any atom is -0.313 e. The Balaban J connectivity index is 4.07. The second-order valence-corrected chi connectivity index (χ2v) is 4.83. The number of rotatable bonds is 6. The molecule has 0 heterocycles. The Hall–Kier alpha value is -0.0400. The van der Waals surface area contributed by atoms with Crippen LogP contribution in [0.3, 0.4) is 0 Å². The van der Waals surface area contributed by atoms with Gasteiger partial charge in [-0.3, -0.25) is 0 Å². The van der Waals surface area contributed by atoms with E-state index >= 15 is 0 Å². The Labute approximate surface area is 84.3 Å². The molecule has 0 aliphatic rings. The highest BCUT2D eigenvalue weighted by molar-refractivity contribution is 4.78. The van der Waals surface area contributed by atoms with Crippen LogP contribution in [0, 0.1) is 17.8 Å². The lowest BCUT2D eigenvalue weighted by Crippen LogP contribution is -2.41. The van der Waals surface area contributed by atoms with Gasteiger partial charge in [0.15, 0.2) is 0 Å². The summed E-state index contributed by atoms with van der Waals surface area (Å²) < 4.78 is 0. The van der Waals surface area contributed by atoms with E-state index in [2.05, 4.69) is 46.9 Å². The Morgan fingerprint density at radius 2 is 1.46 bits per heavy atom. The minimum absolute atomic E-state index is 0.681. The van der Waals surface area contributed by atoms with Gasteiger partial charge >= 0.3 is 0 Å². The highest BCUT2D eigenvalue weighted by atomic mass is 14.9. The van der Waals surface area contributed by atoms with Crippen LogP contribution in [-0.2, 0) is 0 Å². The Morgan fingerprint density at radius 1 is 0.923 bits per heavy atom. The van der Waals surface area contributed by atoms with E-state index in [1.54, 1.807) is 0 Å². The van der Waals surface area contributed by atoms with Gasteiger partial charge in [-0.2, -0.15) is 0 Å². The van der Waals surface area contributed by atoms with Crippen molar-refractivity contribution >= 4 is 0 Å². The zero-order valence-electron chi connectivity index (χ0n) is 10.2. The van der Waals surface area contributed by atoms with Gasteiger partial charge in [-0.25, -0.2) is 0 Å². The molecule has 0 aliphatic carbocycles. The molecule has 2 unspecified atom stereocenters. The van der Waals surface area contributed by atoms with Gasteiger partial charge < -0.3 is 5.32 Å². The zero-order chi connectivity index (χ0) is 10.4. The molecule has 1 N–H and O–H groups in total. The van der Waals surface area contributed by atoms with E-state index in [0.717, 1.165) is 24.3 Å². The molecule has 0 aromatic heterocycles. The Morgan fingerprint density at radius 3 is 1.77 bits per heavy atom. The van der Waals surface area contributed by atoms with E-state index in [4.69, 9.17) is 0 Å². The van der Waals surface area contributed by atoms with Gasteiger partial charge in [0.25, 0.3) is 0 Å². The second kappa shape index (κ2) is 6.42. The van der Waals surface area contributed by atoms with Crippen molar-refractivity contribution in [3.8, 4) is 0 Å². The molecular weight excluding hydrogens is 158 g/mol. The summed E-state index contributed by atoms with van der Waals surface area (Å²) >= 11 is 0. The van der Waals surface area contributed by atoms with Crippen molar-refractivity contribution in [3.05, 3.63) is 0 Å². The van der Waals surface area contributed by atoms with Crippen LogP contribution in [0.4, 0.5) is 0 Å². The van der Waals surface area contributed by atoms with Crippen LogP contribution < -0.4 is 5.32 Å². The molecule has 0 aliphatic heterocycles. The van der Waals surface area contributed by atoms with Crippen molar-refractivity contribution < 1.29 is 0 Å². The first-order chi connectivity index (χ1) is 6.00. The highest BCUT2D eigenvalue weighted by Crippen LogP contribution is 2.20. The monoisotopic (exact) mass is 185 g/mol. The largest absolute Gasteiger partial charge is 0.313 e. The quantitative estimate of drug-likeness (QED) is 0.669. The normalized spacial score (nSPS) is 16.6. The topological polar surface area (TPSA) is 12.0 Å². The highest BCUT2D eigenvalue weighted by Gasteiger charge is 2.21. The summed E-state index contributed by atoms with van der Waals surface area (Å²) in [6, 6.07) is 0.681. The third kappa shape index (κ3) is 4.66. The van der Waals surface area contributed by atoms with Crippen LogP contribution in [0.1, 0.15) is 48.0 Å². The van der Waals surface area contributed by atoms with Crippen molar-refractivity contribution in [2.45, 2.75) is 54.0 Å². The minimum atomic E-state index is 0.681. The standard InChI is InChI=1S/C12H27N/c1-7-8-13-12(10(4)5)11(6)9(2)3/h9-13H,7-8H2,1-6H3. The molecule has 0 aromatic carbocycles. The molecule has 0 aromatic rings. The molecule has 1 heteroatoms. The zero-order valence-corrected chi connectivity index (χ0v) is 10.2. The van der Waals surface area contributed by atoms with Crippen LogP contribution in [-0.4, -0.2) is 12.6 Å². The molecular formula is C12H27N. The first-order valence-corrected chi connectivity index (χ1v) is 5.74. The molecule has 0 fully saturated rings. The van der Waals surface area contributed by atoms with E-state index in [-0.39, 0.29) is 0 Å². The SMILES string of the molecule is CCCNC(C(C)C)C(C)C(C)C. The number of hydrogen-bond acceptors (Lipinski definition) is 1. The average Bonchev–Trinajstić information content (AvgIpc) is 2.04. The van der Waals surface area contributed by atoms with Crippen molar-refractivity contribution in [2.24, 2.45) is 17.8 Å². The number of hydrogen-bond donors (Lipinski definition) is 1. The van der Waals surface area contributed by atoms with E-state index in [1.807, 2.05) is 0 Å². The van der Waals surface area contributed by atoms with Gasteiger partial charge in [0, 0.05) is 6.04 Å². The number of nitrogens with one attached hydrogen (secondary N) is 1. The summed E-state index contributed by atoms with van der Waals surface area (Å²) in [4.78, 5) is 0. The van der Waals surface area contributed by atoms with Gasteiger partial charge in [-0.15, -0.1) is 0 Å². The third-order valence-electron chi connectivity index (χ3n) is 2.97. The van der Waals surface area contributed by atoms with Crippen molar-refractivity contribution in [1.29, 1.82) is 0 Å². The van der Waals surface area contributed by atoms with Crippen LogP contribution in [0.5, 0.6) is 0 Å². The lowest BCUT2D eigenvalue weighted by atomic mass is 9.84. The molecule has 2 atom stereocenters. The predicted molar refractivity (Wildman–Crippen MR) is 60.9 cm³/mol. The summed E-state index contributed by atoms with van der Waals surface area (Å²) in [5.74, 6) is 2.28. The van der Waals surface area contributed by atoms with E-state index in [1.165, 1.54) is 6.42 Å². The predicted octanol–water partition coefficient (Wildman–Crippen LogP) is 3.30. The molecule has 0 radical (unpaired) electrons. The van der Waals surface area contributed by atoms with Gasteiger partial charge in [-0.1, -0.05) is 41.5 Å². The van der Waals surface area contributed by atoms with E-state index < -0.39 is 0 Å². The summed E-state index contributed by atoms with van der Waals surface area (Å²) in [7, 11) is 0. The fourth-order valence-corrected chi connectivity index (χ4v) is 1.75. The van der Waals surface area contributed by atoms with E-state index in [9.17, 15) is 0 Å².